The second-order valence-electron chi connectivity index (χ2n) is 6.03. The van der Waals surface area contributed by atoms with E-state index in [-0.39, 0.29) is 17.4 Å². The molecule has 1 heterocycles. The minimum Gasteiger partial charge on any atom is -0.493 e. The van der Waals surface area contributed by atoms with Crippen LogP contribution in [-0.4, -0.2) is 25.7 Å². The molecule has 1 aliphatic rings. The van der Waals surface area contributed by atoms with E-state index in [9.17, 15) is 22.4 Å². The zero-order valence-corrected chi connectivity index (χ0v) is 15.0. The van der Waals surface area contributed by atoms with Crippen molar-refractivity contribution in [1.82, 2.24) is 5.32 Å². The minimum absolute atomic E-state index is 0.106. The van der Waals surface area contributed by atoms with Gasteiger partial charge >= 0.3 is 13.2 Å². The second-order valence-corrected chi connectivity index (χ2v) is 6.03. The molecule has 0 unspecified atom stereocenters. The molecule has 1 aliphatic heterocycles. The van der Waals surface area contributed by atoms with E-state index in [4.69, 9.17) is 4.74 Å². The van der Waals surface area contributed by atoms with Gasteiger partial charge in [0, 0.05) is 29.7 Å². The first kappa shape index (κ1) is 20.5. The van der Waals surface area contributed by atoms with Crippen LogP contribution in [0.25, 0.3) is 6.08 Å². The van der Waals surface area contributed by atoms with Crippen LogP contribution in [-0.2, 0) is 4.79 Å². The third-order valence-electron chi connectivity index (χ3n) is 4.12. The summed E-state index contributed by atoms with van der Waals surface area (Å²) >= 11 is 0. The van der Waals surface area contributed by atoms with Gasteiger partial charge in [0.05, 0.1) is 12.6 Å². The number of carbonyl (C=O) groups excluding carboxylic acids is 1. The third kappa shape index (κ3) is 5.63. The predicted octanol–water partition coefficient (Wildman–Crippen LogP) is 4.54. The average molecular weight is 411 g/mol. The van der Waals surface area contributed by atoms with E-state index in [0.29, 0.717) is 18.8 Å². The lowest BCUT2D eigenvalue weighted by Crippen LogP contribution is -2.30. The number of ether oxygens (including phenoxy) is 3. The molecule has 0 radical (unpaired) electrons. The maximum Gasteiger partial charge on any atom is 0.387 e. The quantitative estimate of drug-likeness (QED) is 0.537. The molecule has 0 aliphatic carbocycles. The lowest BCUT2D eigenvalue weighted by atomic mass is 10.0. The fourth-order valence-electron chi connectivity index (χ4n) is 2.90. The highest BCUT2D eigenvalue weighted by atomic mass is 19.3. The number of hydrogen-bond donors (Lipinski definition) is 1. The van der Waals surface area contributed by atoms with Gasteiger partial charge in [-0.05, 0) is 24.3 Å². The zero-order chi connectivity index (χ0) is 20.8. The Balaban J connectivity index is 1.72. The number of hydrogen-bond acceptors (Lipinski definition) is 4. The largest absolute Gasteiger partial charge is 0.493 e. The Morgan fingerprint density at radius 1 is 1.10 bits per heavy atom. The van der Waals surface area contributed by atoms with Crippen LogP contribution in [0.15, 0.2) is 48.5 Å². The molecule has 0 aromatic heterocycles. The number of amides is 1. The van der Waals surface area contributed by atoms with Crippen molar-refractivity contribution < 1.29 is 36.6 Å². The maximum absolute atomic E-state index is 12.6. The van der Waals surface area contributed by atoms with Crippen molar-refractivity contribution in [2.45, 2.75) is 25.7 Å². The van der Waals surface area contributed by atoms with Crippen molar-refractivity contribution in [3.63, 3.8) is 0 Å². The normalized spacial score (nSPS) is 15.9. The highest BCUT2D eigenvalue weighted by Crippen LogP contribution is 2.32. The first-order chi connectivity index (χ1) is 13.9. The van der Waals surface area contributed by atoms with E-state index >= 15 is 0 Å². The summed E-state index contributed by atoms with van der Waals surface area (Å²) in [6.45, 7) is -5.83. The summed E-state index contributed by atoms with van der Waals surface area (Å²) in [7, 11) is 0. The standard InChI is InChI=1S/C20H17F4NO4/c21-19(22)28-13-7-5-12(17(11-13)29-20(23)24)6-8-18(26)25-15-9-10-27-16-4-2-1-3-14(15)16/h1-8,11,15,19-20H,9-10H2,(H,25,26)/b8-6+/t15-/m0/s1. The van der Waals surface area contributed by atoms with Crippen molar-refractivity contribution in [1.29, 1.82) is 0 Å². The molecule has 3 rings (SSSR count). The molecule has 0 saturated heterocycles. The van der Waals surface area contributed by atoms with Gasteiger partial charge in [-0.3, -0.25) is 4.79 Å². The predicted molar refractivity (Wildman–Crippen MR) is 96.2 cm³/mol. The summed E-state index contributed by atoms with van der Waals surface area (Å²) in [5.41, 5.74) is 0.949. The first-order valence-electron chi connectivity index (χ1n) is 8.66. The van der Waals surface area contributed by atoms with E-state index in [1.807, 2.05) is 18.2 Å². The van der Waals surface area contributed by atoms with Crippen LogP contribution in [0.1, 0.15) is 23.6 Å². The summed E-state index contributed by atoms with van der Waals surface area (Å²) in [4.78, 5) is 12.3. The molecule has 5 nitrogen and oxygen atoms in total. The molecular weight excluding hydrogens is 394 g/mol. The Bertz CT molecular complexity index is 889. The van der Waals surface area contributed by atoms with Crippen LogP contribution in [0.5, 0.6) is 17.2 Å². The van der Waals surface area contributed by atoms with Gasteiger partial charge in [0.1, 0.15) is 17.2 Å². The van der Waals surface area contributed by atoms with Gasteiger partial charge in [-0.15, -0.1) is 0 Å². The van der Waals surface area contributed by atoms with Crippen LogP contribution in [0.2, 0.25) is 0 Å². The smallest absolute Gasteiger partial charge is 0.387 e. The Labute approximate surface area is 163 Å². The molecule has 2 aromatic carbocycles. The SMILES string of the molecule is O=C(/C=C/c1ccc(OC(F)F)cc1OC(F)F)N[C@H]1CCOc2ccccc21. The van der Waals surface area contributed by atoms with Crippen molar-refractivity contribution in [2.75, 3.05) is 6.61 Å². The number of fused-ring (bicyclic) bond motifs is 1. The van der Waals surface area contributed by atoms with Crippen molar-refractivity contribution in [2.24, 2.45) is 0 Å². The van der Waals surface area contributed by atoms with Gasteiger partial charge in [-0.2, -0.15) is 17.6 Å². The number of halogens is 4. The Hall–Kier alpha value is -3.23. The van der Waals surface area contributed by atoms with Crippen LogP contribution >= 0.6 is 0 Å². The molecule has 2 aromatic rings. The maximum atomic E-state index is 12.6. The summed E-state index contributed by atoms with van der Waals surface area (Å²) in [6, 6.07) is 10.4. The molecule has 1 amide bonds. The zero-order valence-electron chi connectivity index (χ0n) is 15.0. The fraction of sp³-hybridized carbons (Fsp3) is 0.250. The number of nitrogens with one attached hydrogen (secondary N) is 1. The number of rotatable bonds is 7. The van der Waals surface area contributed by atoms with Gasteiger partial charge in [0.15, 0.2) is 0 Å². The number of carbonyl (C=O) groups is 1. The van der Waals surface area contributed by atoms with E-state index in [0.717, 1.165) is 23.8 Å². The average Bonchev–Trinajstić information content (AvgIpc) is 2.67. The van der Waals surface area contributed by atoms with Crippen molar-refractivity contribution in [3.05, 3.63) is 59.7 Å². The van der Waals surface area contributed by atoms with Gasteiger partial charge in [0.25, 0.3) is 0 Å². The summed E-state index contributed by atoms with van der Waals surface area (Å²) < 4.78 is 63.9. The monoisotopic (exact) mass is 411 g/mol. The Morgan fingerprint density at radius 3 is 2.62 bits per heavy atom. The van der Waals surface area contributed by atoms with Crippen LogP contribution in [0, 0.1) is 0 Å². The molecular formula is C20H17F4NO4. The van der Waals surface area contributed by atoms with Crippen LogP contribution in [0.3, 0.4) is 0 Å². The summed E-state index contributed by atoms with van der Waals surface area (Å²) in [6.07, 6.45) is 2.99. The number of para-hydroxylation sites is 1. The van der Waals surface area contributed by atoms with Gasteiger partial charge in [-0.25, -0.2) is 0 Å². The molecule has 0 fully saturated rings. The van der Waals surface area contributed by atoms with Crippen molar-refractivity contribution in [3.8, 4) is 17.2 Å². The lowest BCUT2D eigenvalue weighted by molar-refractivity contribution is -0.117. The van der Waals surface area contributed by atoms with Gasteiger partial charge in [0.2, 0.25) is 5.91 Å². The summed E-state index contributed by atoms with van der Waals surface area (Å²) in [5.74, 6) is -0.493. The molecule has 1 N–H and O–H groups in total. The topological polar surface area (TPSA) is 56.8 Å². The highest BCUT2D eigenvalue weighted by molar-refractivity contribution is 5.92. The fourth-order valence-corrected chi connectivity index (χ4v) is 2.90. The van der Waals surface area contributed by atoms with Gasteiger partial charge in [-0.1, -0.05) is 18.2 Å². The molecule has 0 bridgehead atoms. The van der Waals surface area contributed by atoms with Crippen LogP contribution < -0.4 is 19.5 Å². The molecule has 0 saturated carbocycles. The molecule has 1 atom stereocenters. The van der Waals surface area contributed by atoms with E-state index in [1.54, 1.807) is 6.07 Å². The van der Waals surface area contributed by atoms with Crippen molar-refractivity contribution >= 4 is 12.0 Å². The third-order valence-corrected chi connectivity index (χ3v) is 4.12. The number of benzene rings is 2. The lowest BCUT2D eigenvalue weighted by Gasteiger charge is -2.26. The molecule has 9 heteroatoms. The summed E-state index contributed by atoms with van der Waals surface area (Å²) in [5, 5.41) is 2.82. The minimum atomic E-state index is -3.17. The second kappa shape index (κ2) is 9.31. The van der Waals surface area contributed by atoms with E-state index in [2.05, 4.69) is 14.8 Å². The van der Waals surface area contributed by atoms with E-state index in [1.165, 1.54) is 12.1 Å². The number of alkyl halides is 4. The first-order valence-corrected chi connectivity index (χ1v) is 8.66. The molecule has 0 spiro atoms. The Kier molecular flexibility index (Phi) is 6.58. The van der Waals surface area contributed by atoms with E-state index < -0.39 is 24.9 Å². The van der Waals surface area contributed by atoms with Gasteiger partial charge < -0.3 is 19.5 Å². The highest BCUT2D eigenvalue weighted by Gasteiger charge is 2.22. The Morgan fingerprint density at radius 2 is 1.86 bits per heavy atom. The molecule has 154 valence electrons. The molecule has 29 heavy (non-hydrogen) atoms. The van der Waals surface area contributed by atoms with Crippen LogP contribution in [0.4, 0.5) is 17.6 Å².